The van der Waals surface area contributed by atoms with Gasteiger partial charge in [-0.05, 0) is 67.0 Å². The van der Waals surface area contributed by atoms with Gasteiger partial charge in [0.2, 0.25) is 0 Å². The van der Waals surface area contributed by atoms with E-state index in [-0.39, 0.29) is 12.4 Å². The van der Waals surface area contributed by atoms with Gasteiger partial charge in [-0.2, -0.15) is 0 Å². The Kier molecular flexibility index (Phi) is 4.30. The summed E-state index contributed by atoms with van der Waals surface area (Å²) in [6, 6.07) is 2.17. The zero-order valence-corrected chi connectivity index (χ0v) is 13.9. The van der Waals surface area contributed by atoms with Crippen molar-refractivity contribution in [1.29, 1.82) is 0 Å². The molecule has 116 valence electrons. The van der Waals surface area contributed by atoms with E-state index in [1.54, 1.807) is 11.3 Å². The molecule has 1 N–H and O–H groups in total. The lowest BCUT2D eigenvalue weighted by atomic mass is 9.78. The van der Waals surface area contributed by atoms with Crippen molar-refractivity contribution in [2.75, 3.05) is 26.2 Å². The molecule has 1 saturated carbocycles. The Bertz CT molecular complexity index is 510. The number of hydrogen-bond donors (Lipinski definition) is 1. The van der Waals surface area contributed by atoms with Crippen molar-refractivity contribution in [1.82, 2.24) is 10.2 Å². The molecule has 3 heterocycles. The molecule has 1 aromatic heterocycles. The number of amides is 1. The third-order valence-corrected chi connectivity index (χ3v) is 6.27. The molecule has 0 bridgehead atoms. The molecular formula is C16H23ClN2OS. The van der Waals surface area contributed by atoms with E-state index >= 15 is 0 Å². The van der Waals surface area contributed by atoms with Crippen molar-refractivity contribution in [2.24, 2.45) is 5.41 Å². The first kappa shape index (κ1) is 15.3. The number of halogens is 1. The summed E-state index contributed by atoms with van der Waals surface area (Å²) >= 11 is 1.64. The summed E-state index contributed by atoms with van der Waals surface area (Å²) < 4.78 is 0. The second-order valence-corrected chi connectivity index (χ2v) is 7.61. The summed E-state index contributed by atoms with van der Waals surface area (Å²) in [5.41, 5.74) is 1.81. The molecule has 1 spiro atoms. The van der Waals surface area contributed by atoms with Gasteiger partial charge in [-0.15, -0.1) is 23.7 Å². The molecule has 0 atom stereocenters. The predicted molar refractivity (Wildman–Crippen MR) is 88.6 cm³/mol. The summed E-state index contributed by atoms with van der Waals surface area (Å²) in [7, 11) is 0. The quantitative estimate of drug-likeness (QED) is 0.904. The number of carbonyl (C=O) groups is 1. The largest absolute Gasteiger partial charge is 0.338 e. The van der Waals surface area contributed by atoms with Gasteiger partial charge in [0.1, 0.15) is 0 Å². The van der Waals surface area contributed by atoms with E-state index in [2.05, 4.69) is 21.7 Å². The molecule has 1 amide bonds. The maximum atomic E-state index is 12.7. The van der Waals surface area contributed by atoms with Gasteiger partial charge in [0.25, 0.3) is 5.91 Å². The maximum absolute atomic E-state index is 12.7. The van der Waals surface area contributed by atoms with E-state index < -0.39 is 0 Å². The minimum absolute atomic E-state index is 0. The Hall–Kier alpha value is -0.580. The van der Waals surface area contributed by atoms with E-state index in [4.69, 9.17) is 0 Å². The molecule has 0 aromatic carbocycles. The van der Waals surface area contributed by atoms with Crippen molar-refractivity contribution in [3.63, 3.8) is 0 Å². The Morgan fingerprint density at radius 3 is 2.67 bits per heavy atom. The first-order valence-electron chi connectivity index (χ1n) is 7.85. The molecule has 5 heteroatoms. The fourth-order valence-corrected chi connectivity index (χ4v) is 4.71. The summed E-state index contributed by atoms with van der Waals surface area (Å²) in [5.74, 6) is 0.970. The van der Waals surface area contributed by atoms with Crippen molar-refractivity contribution >= 4 is 29.7 Å². The number of nitrogens with one attached hydrogen (secondary N) is 1. The highest BCUT2D eigenvalue weighted by atomic mass is 35.5. The average molecular weight is 327 g/mol. The highest BCUT2D eigenvalue weighted by Crippen LogP contribution is 2.44. The zero-order valence-electron chi connectivity index (χ0n) is 12.3. The molecule has 21 heavy (non-hydrogen) atoms. The van der Waals surface area contributed by atoms with Gasteiger partial charge in [-0.3, -0.25) is 4.79 Å². The minimum atomic E-state index is 0. The van der Waals surface area contributed by atoms with E-state index in [9.17, 15) is 4.79 Å². The van der Waals surface area contributed by atoms with Crippen LogP contribution >= 0.6 is 23.7 Å². The lowest BCUT2D eigenvalue weighted by Gasteiger charge is -2.38. The second kappa shape index (κ2) is 5.90. The summed E-state index contributed by atoms with van der Waals surface area (Å²) in [4.78, 5) is 15.9. The van der Waals surface area contributed by atoms with Gasteiger partial charge in [0.05, 0.1) is 4.88 Å². The number of likely N-dealkylation sites (tertiary alicyclic amines) is 1. The van der Waals surface area contributed by atoms with Crippen LogP contribution in [0.3, 0.4) is 0 Å². The van der Waals surface area contributed by atoms with Gasteiger partial charge >= 0.3 is 0 Å². The standard InChI is InChI=1S/C16H22N2OS.ClH/c19-15(14-13(3-10-20-14)12-1-2-12)18-8-5-16(6-9-18)4-7-17-11-16;/h3,10,12,17H,1-2,4-9,11H2;1H. The fourth-order valence-electron chi connectivity index (χ4n) is 3.76. The van der Waals surface area contributed by atoms with Gasteiger partial charge in [-0.1, -0.05) is 0 Å². The first-order valence-corrected chi connectivity index (χ1v) is 8.73. The van der Waals surface area contributed by atoms with Gasteiger partial charge in [-0.25, -0.2) is 0 Å². The summed E-state index contributed by atoms with van der Waals surface area (Å²) in [5, 5.41) is 5.58. The number of rotatable bonds is 2. The SMILES string of the molecule is Cl.O=C(c1sccc1C1CC1)N1CCC2(CCNC2)CC1. The topological polar surface area (TPSA) is 32.3 Å². The number of carbonyl (C=O) groups excluding carboxylic acids is 1. The fraction of sp³-hybridized carbons (Fsp3) is 0.688. The van der Waals surface area contributed by atoms with Crippen LogP contribution in [0.25, 0.3) is 0 Å². The number of thiophene rings is 1. The average Bonchev–Trinajstić information content (AvgIpc) is 3.03. The third-order valence-electron chi connectivity index (χ3n) is 5.35. The van der Waals surface area contributed by atoms with Crippen LogP contribution < -0.4 is 5.32 Å². The molecule has 3 fully saturated rings. The van der Waals surface area contributed by atoms with Crippen molar-refractivity contribution < 1.29 is 4.79 Å². The molecule has 4 rings (SSSR count). The van der Waals surface area contributed by atoms with Crippen LogP contribution in [0.15, 0.2) is 11.4 Å². The van der Waals surface area contributed by atoms with Crippen molar-refractivity contribution in [3.8, 4) is 0 Å². The monoisotopic (exact) mass is 326 g/mol. The normalized spacial score (nSPS) is 24.1. The van der Waals surface area contributed by atoms with E-state index in [0.717, 1.165) is 31.1 Å². The second-order valence-electron chi connectivity index (χ2n) is 6.70. The smallest absolute Gasteiger partial charge is 0.264 e. The van der Waals surface area contributed by atoms with Crippen LogP contribution in [-0.2, 0) is 0 Å². The Morgan fingerprint density at radius 1 is 1.29 bits per heavy atom. The van der Waals surface area contributed by atoms with E-state index in [1.807, 2.05) is 0 Å². The van der Waals surface area contributed by atoms with Crippen LogP contribution in [0.4, 0.5) is 0 Å². The van der Waals surface area contributed by atoms with Crippen LogP contribution in [0, 0.1) is 5.41 Å². The molecule has 1 aliphatic carbocycles. The van der Waals surface area contributed by atoms with Crippen molar-refractivity contribution in [2.45, 2.75) is 38.0 Å². The van der Waals surface area contributed by atoms with E-state index in [1.165, 1.54) is 37.7 Å². The van der Waals surface area contributed by atoms with Gasteiger partial charge in [0, 0.05) is 19.6 Å². The molecule has 3 aliphatic rings. The van der Waals surface area contributed by atoms with Gasteiger partial charge in [0.15, 0.2) is 0 Å². The zero-order chi connectivity index (χ0) is 13.6. The highest BCUT2D eigenvalue weighted by molar-refractivity contribution is 7.12. The lowest BCUT2D eigenvalue weighted by Crippen LogP contribution is -2.44. The van der Waals surface area contributed by atoms with Crippen LogP contribution in [0.5, 0.6) is 0 Å². The Balaban J connectivity index is 0.00000132. The Morgan fingerprint density at radius 2 is 2.05 bits per heavy atom. The Labute approximate surface area is 136 Å². The minimum Gasteiger partial charge on any atom is -0.338 e. The number of hydrogen-bond acceptors (Lipinski definition) is 3. The molecule has 0 unspecified atom stereocenters. The molecule has 2 aliphatic heterocycles. The predicted octanol–water partition coefficient (Wildman–Crippen LogP) is 3.26. The number of nitrogens with zero attached hydrogens (tertiary/aromatic N) is 1. The van der Waals surface area contributed by atoms with E-state index in [0.29, 0.717) is 17.2 Å². The van der Waals surface area contributed by atoms with Crippen LogP contribution in [0.2, 0.25) is 0 Å². The van der Waals surface area contributed by atoms with Crippen molar-refractivity contribution in [3.05, 3.63) is 21.9 Å². The van der Waals surface area contributed by atoms with Gasteiger partial charge < -0.3 is 10.2 Å². The molecule has 0 radical (unpaired) electrons. The summed E-state index contributed by atoms with van der Waals surface area (Å²) in [6.07, 6.45) is 6.19. The third kappa shape index (κ3) is 2.86. The summed E-state index contributed by atoms with van der Waals surface area (Å²) in [6.45, 7) is 4.21. The molecule has 2 saturated heterocycles. The maximum Gasteiger partial charge on any atom is 0.264 e. The number of piperidine rings is 1. The molecule has 1 aromatic rings. The first-order chi connectivity index (χ1) is 9.77. The van der Waals surface area contributed by atoms with Crippen LogP contribution in [0.1, 0.15) is 53.3 Å². The molecular weight excluding hydrogens is 304 g/mol. The lowest BCUT2D eigenvalue weighted by molar-refractivity contribution is 0.0611. The van der Waals surface area contributed by atoms with Crippen LogP contribution in [-0.4, -0.2) is 37.0 Å². The highest BCUT2D eigenvalue weighted by Gasteiger charge is 2.39. The molecule has 3 nitrogen and oxygen atoms in total.